The Kier molecular flexibility index (Phi) is 6.50. The largest absolute Gasteiger partial charge is 0.492 e. The molecule has 3 rings (SSSR count). The van der Waals surface area contributed by atoms with Crippen molar-refractivity contribution in [2.75, 3.05) is 5.32 Å². The van der Waals surface area contributed by atoms with Crippen molar-refractivity contribution in [1.29, 1.82) is 0 Å². The van der Waals surface area contributed by atoms with Crippen molar-refractivity contribution in [3.63, 3.8) is 0 Å². The molecule has 0 spiro atoms. The highest BCUT2D eigenvalue weighted by Crippen LogP contribution is 2.39. The second kappa shape index (κ2) is 8.82. The van der Waals surface area contributed by atoms with Crippen LogP contribution in [0.15, 0.2) is 36.8 Å². The Labute approximate surface area is 185 Å². The predicted molar refractivity (Wildman–Crippen MR) is 119 cm³/mol. The van der Waals surface area contributed by atoms with Crippen LogP contribution in [0, 0.1) is 0 Å². The molecule has 0 fully saturated rings. The summed E-state index contributed by atoms with van der Waals surface area (Å²) >= 11 is 0. The summed E-state index contributed by atoms with van der Waals surface area (Å²) < 4.78 is 13.3. The molecule has 4 N–H and O–H groups in total. The van der Waals surface area contributed by atoms with Crippen LogP contribution in [0.1, 0.15) is 44.4 Å². The minimum Gasteiger partial charge on any atom is -0.492 e. The first-order chi connectivity index (χ1) is 15.0. The first-order valence-electron chi connectivity index (χ1n) is 10.1. The van der Waals surface area contributed by atoms with Crippen LogP contribution in [0.2, 0.25) is 0 Å². The minimum atomic E-state index is -4.45. The van der Waals surface area contributed by atoms with E-state index in [0.29, 0.717) is 24.0 Å². The van der Waals surface area contributed by atoms with Crippen molar-refractivity contribution in [2.45, 2.75) is 46.0 Å². The average molecular weight is 459 g/mol. The van der Waals surface area contributed by atoms with Gasteiger partial charge in [0, 0.05) is 12.4 Å². The molecule has 0 aliphatic rings. The first-order valence-corrected chi connectivity index (χ1v) is 11.7. The number of amides is 1. The van der Waals surface area contributed by atoms with E-state index in [1.54, 1.807) is 38.4 Å². The summed E-state index contributed by atoms with van der Waals surface area (Å²) in [5.41, 5.74) is 0.895. The fourth-order valence-electron chi connectivity index (χ4n) is 3.69. The third-order valence-corrected chi connectivity index (χ3v) is 6.43. The lowest BCUT2D eigenvalue weighted by Crippen LogP contribution is -2.36. The van der Waals surface area contributed by atoms with Gasteiger partial charge in [0.15, 0.2) is 0 Å². The molecule has 0 radical (unpaired) electrons. The van der Waals surface area contributed by atoms with Gasteiger partial charge in [-0.2, -0.15) is 10.1 Å². The van der Waals surface area contributed by atoms with Gasteiger partial charge in [0.1, 0.15) is 5.69 Å². The molecule has 1 amide bonds. The van der Waals surface area contributed by atoms with Crippen LogP contribution in [0.3, 0.4) is 0 Å². The van der Waals surface area contributed by atoms with E-state index in [-0.39, 0.29) is 16.9 Å². The van der Waals surface area contributed by atoms with Gasteiger partial charge in [0.05, 0.1) is 16.9 Å². The molecule has 0 saturated carbocycles. The van der Waals surface area contributed by atoms with Gasteiger partial charge in [-0.1, -0.05) is 19.9 Å². The number of rotatable bonds is 7. The van der Waals surface area contributed by atoms with Gasteiger partial charge in [-0.15, -0.1) is 0 Å². The van der Waals surface area contributed by atoms with Gasteiger partial charge in [-0.3, -0.25) is 9.36 Å². The Bertz CT molecular complexity index is 1190. The Hall–Kier alpha value is -3.07. The number of anilines is 1. The number of nitrogens with zero attached hydrogens (tertiary/aromatic N) is 4. The normalized spacial score (nSPS) is 12.1. The molecule has 0 aliphatic heterocycles. The van der Waals surface area contributed by atoms with Gasteiger partial charge in [0.2, 0.25) is 11.8 Å². The van der Waals surface area contributed by atoms with E-state index < -0.39 is 24.8 Å². The van der Waals surface area contributed by atoms with E-state index in [0.717, 1.165) is 5.56 Å². The third-order valence-electron chi connectivity index (χ3n) is 5.38. The molecule has 1 aromatic carbocycles. The summed E-state index contributed by atoms with van der Waals surface area (Å²) in [5, 5.41) is 16.9. The van der Waals surface area contributed by atoms with E-state index in [1.165, 1.54) is 16.9 Å². The molecule has 3 aromatic rings. The highest BCUT2D eigenvalue weighted by atomic mass is 31.2. The summed E-state index contributed by atoms with van der Waals surface area (Å²) in [6, 6.07) is 4.66. The highest BCUT2D eigenvalue weighted by Gasteiger charge is 2.35. The minimum absolute atomic E-state index is 0.0166. The van der Waals surface area contributed by atoms with E-state index in [9.17, 15) is 24.3 Å². The number of carbonyl (C=O) groups excluding carboxylic acids is 1. The maximum absolute atomic E-state index is 13.2. The number of nitrogens with one attached hydrogen (secondary N) is 1. The lowest BCUT2D eigenvalue weighted by molar-refractivity contribution is -0.120. The van der Waals surface area contributed by atoms with Crippen LogP contribution < -0.4 is 10.6 Å². The van der Waals surface area contributed by atoms with Crippen molar-refractivity contribution in [3.05, 3.63) is 53.5 Å². The lowest BCUT2D eigenvalue weighted by atomic mass is 9.78. The molecule has 0 atom stereocenters. The summed E-state index contributed by atoms with van der Waals surface area (Å²) in [7, 11) is -4.45. The average Bonchev–Trinajstić information content (AvgIpc) is 3.28. The zero-order valence-electron chi connectivity index (χ0n) is 18.3. The van der Waals surface area contributed by atoms with E-state index in [4.69, 9.17) is 0 Å². The molecule has 0 bridgehead atoms. The molecule has 11 heteroatoms. The summed E-state index contributed by atoms with van der Waals surface area (Å²) in [6.45, 7) is 7.12. The fourth-order valence-corrected chi connectivity index (χ4v) is 4.60. The number of aromatic hydroxyl groups is 1. The second-order valence-corrected chi connectivity index (χ2v) is 9.35. The van der Waals surface area contributed by atoms with Gasteiger partial charge >= 0.3 is 7.60 Å². The molecule has 0 saturated heterocycles. The fraction of sp³-hybridized carbons (Fsp3) is 0.333. The van der Waals surface area contributed by atoms with Crippen molar-refractivity contribution >= 4 is 24.5 Å². The number of hydrogen-bond acceptors (Lipinski definition) is 6. The van der Waals surface area contributed by atoms with Crippen molar-refractivity contribution in [3.8, 4) is 11.8 Å². The summed E-state index contributed by atoms with van der Waals surface area (Å²) in [4.78, 5) is 40.7. The Morgan fingerprint density at radius 3 is 2.41 bits per heavy atom. The number of carbonyl (C=O) groups is 1. The van der Waals surface area contributed by atoms with Crippen LogP contribution in [0.25, 0.3) is 5.95 Å². The van der Waals surface area contributed by atoms with Crippen LogP contribution in [-0.2, 0) is 27.6 Å². The SMILES string of the molecule is CCc1c(C(C)(C)C(=O)Nc2cnc(-n3cccn3)nc2O)ccc(P(=O)(O)O)c1CC. The monoisotopic (exact) mass is 459 g/mol. The summed E-state index contributed by atoms with van der Waals surface area (Å²) in [6.07, 6.45) is 5.37. The zero-order chi connectivity index (χ0) is 23.7. The molecule has 0 aliphatic carbocycles. The van der Waals surface area contributed by atoms with Crippen molar-refractivity contribution in [1.82, 2.24) is 19.7 Å². The summed E-state index contributed by atoms with van der Waals surface area (Å²) in [5.74, 6) is -0.681. The zero-order valence-corrected chi connectivity index (χ0v) is 19.2. The third kappa shape index (κ3) is 4.43. The molecule has 170 valence electrons. The van der Waals surface area contributed by atoms with E-state index in [1.807, 2.05) is 13.8 Å². The molecule has 2 aromatic heterocycles. The molecular weight excluding hydrogens is 433 g/mol. The predicted octanol–water partition coefficient (Wildman–Crippen LogP) is 2.21. The molecule has 32 heavy (non-hydrogen) atoms. The van der Waals surface area contributed by atoms with Crippen LogP contribution >= 0.6 is 7.60 Å². The van der Waals surface area contributed by atoms with E-state index in [2.05, 4.69) is 20.4 Å². The molecule has 0 unspecified atom stereocenters. The van der Waals surface area contributed by atoms with Gasteiger partial charge in [-0.05, 0) is 55.5 Å². The highest BCUT2D eigenvalue weighted by molar-refractivity contribution is 7.60. The van der Waals surface area contributed by atoms with Crippen molar-refractivity contribution < 1.29 is 24.3 Å². The number of benzene rings is 1. The maximum atomic E-state index is 13.2. The number of hydrogen-bond donors (Lipinski definition) is 4. The number of aromatic nitrogens is 4. The van der Waals surface area contributed by atoms with Crippen LogP contribution in [-0.4, -0.2) is 40.5 Å². The first kappa shape index (κ1) is 23.6. The Morgan fingerprint density at radius 2 is 1.88 bits per heavy atom. The second-order valence-electron chi connectivity index (χ2n) is 7.78. The lowest BCUT2D eigenvalue weighted by Gasteiger charge is -2.29. The van der Waals surface area contributed by atoms with Crippen LogP contribution in [0.5, 0.6) is 5.88 Å². The topological polar surface area (TPSA) is 150 Å². The van der Waals surface area contributed by atoms with E-state index >= 15 is 0 Å². The smallest absolute Gasteiger partial charge is 0.356 e. The van der Waals surface area contributed by atoms with Gasteiger partial charge < -0.3 is 20.2 Å². The molecular formula is C21H26N5O5P. The Morgan fingerprint density at radius 1 is 1.19 bits per heavy atom. The quantitative estimate of drug-likeness (QED) is 0.393. The Balaban J connectivity index is 1.96. The molecule has 2 heterocycles. The standard InChI is InChI=1S/C21H26N5O5P/c1-5-13-14(6-2)17(32(29,30)31)9-8-15(13)21(3,4)19(28)24-16-12-22-20(25-18(16)27)26-11-7-10-23-26/h7-12H,5-6H2,1-4H3,(H,24,28)(H,22,25,27)(H2,29,30,31). The maximum Gasteiger partial charge on any atom is 0.356 e. The van der Waals surface area contributed by atoms with Gasteiger partial charge in [-0.25, -0.2) is 9.67 Å². The van der Waals surface area contributed by atoms with Crippen molar-refractivity contribution in [2.24, 2.45) is 0 Å². The van der Waals surface area contributed by atoms with Crippen LogP contribution in [0.4, 0.5) is 5.69 Å². The molecule has 10 nitrogen and oxygen atoms in total. The van der Waals surface area contributed by atoms with Gasteiger partial charge in [0.25, 0.3) is 5.95 Å².